The van der Waals surface area contributed by atoms with Crippen molar-refractivity contribution in [1.29, 1.82) is 0 Å². The Morgan fingerprint density at radius 2 is 2.02 bits per heavy atom. The average Bonchev–Trinajstić information content (AvgIpc) is 3.71. The second-order valence-electron chi connectivity index (χ2n) is 13.1. The Kier molecular flexibility index (Phi) is 8.82. The molecule has 0 unspecified atom stereocenters. The number of pyridine rings is 1. The fourth-order valence-corrected chi connectivity index (χ4v) is 7.85. The van der Waals surface area contributed by atoms with E-state index in [1.54, 1.807) is 19.9 Å². The van der Waals surface area contributed by atoms with Crippen molar-refractivity contribution in [2.45, 2.75) is 77.4 Å². The zero-order valence-corrected chi connectivity index (χ0v) is 27.7. The molecule has 4 aromatic rings. The normalized spacial score (nSPS) is 22.0. The highest BCUT2D eigenvalue weighted by Gasteiger charge is 2.49. The van der Waals surface area contributed by atoms with Gasteiger partial charge in [-0.05, 0) is 73.4 Å². The number of aromatic hydroxyl groups is 1. The van der Waals surface area contributed by atoms with Crippen molar-refractivity contribution >= 4 is 28.4 Å². The molecule has 0 saturated carbocycles. The molecule has 0 spiro atoms. The van der Waals surface area contributed by atoms with Gasteiger partial charge in [0.1, 0.15) is 41.4 Å². The number of phenolic OH excluding ortho intramolecular Hbond substituents is 1. The SMILES string of the molecule is C=C(F)/C(CC)=c1/c(-c2ncc3c(N4CCCn5nc(CO)cc5C4)nc(OC[C@@]45CCCN4C[C@H](F)C5)nc3c2F)cc(O)c/c1=C/C. The maximum atomic E-state index is 17.0. The van der Waals surface area contributed by atoms with Gasteiger partial charge in [-0.2, -0.15) is 15.1 Å². The van der Waals surface area contributed by atoms with Crippen LogP contribution in [0, 0.1) is 5.82 Å². The first-order chi connectivity index (χ1) is 23.6. The standard InChI is InChI=1S/C36H40F3N7O3/c1-4-22-12-26(48)14-28(30(22)27(5-2)21(3)37)32-31(39)33-29(16-40-32)34(44-9-7-11-46-25(18-44)13-24(19-47)43-46)42-35(41-33)49-20-36-8-6-10-45(36)17-23(38)15-36/h4,12-14,16,23,47-48H,3,5-11,15,17-20H2,1-2H3/b22-4-,30-27+/t23-,36+/m1/s1. The Morgan fingerprint density at radius 3 is 2.78 bits per heavy atom. The van der Waals surface area contributed by atoms with Gasteiger partial charge in [-0.3, -0.25) is 14.6 Å². The Bertz CT molecular complexity index is 2070. The number of hydrogen-bond acceptors (Lipinski definition) is 9. The van der Waals surface area contributed by atoms with E-state index in [0.717, 1.165) is 25.1 Å². The number of aromatic nitrogens is 5. The molecule has 3 aliphatic heterocycles. The summed E-state index contributed by atoms with van der Waals surface area (Å²) in [5.41, 5.74) is 1.23. The lowest BCUT2D eigenvalue weighted by Gasteiger charge is -2.31. The zero-order chi connectivity index (χ0) is 34.4. The third-order valence-electron chi connectivity index (χ3n) is 10.1. The van der Waals surface area contributed by atoms with Crippen molar-refractivity contribution < 1.29 is 28.1 Å². The molecule has 2 N–H and O–H groups in total. The van der Waals surface area contributed by atoms with Gasteiger partial charge >= 0.3 is 6.01 Å². The predicted octanol–water partition coefficient (Wildman–Crippen LogP) is 4.44. The lowest BCUT2D eigenvalue weighted by atomic mass is 9.95. The topological polar surface area (TPSA) is 113 Å². The highest BCUT2D eigenvalue weighted by atomic mass is 19.1. The maximum absolute atomic E-state index is 17.0. The van der Waals surface area contributed by atoms with E-state index in [1.165, 1.54) is 18.3 Å². The molecule has 0 amide bonds. The minimum Gasteiger partial charge on any atom is -0.508 e. The summed E-state index contributed by atoms with van der Waals surface area (Å²) in [4.78, 5) is 18.1. The summed E-state index contributed by atoms with van der Waals surface area (Å²) in [5.74, 6) is -1.17. The van der Waals surface area contributed by atoms with Crippen molar-refractivity contribution in [1.82, 2.24) is 29.6 Å². The molecular formula is C36H40F3N7O3. The molecule has 6 heterocycles. The molecule has 3 aliphatic rings. The zero-order valence-electron chi connectivity index (χ0n) is 27.7. The van der Waals surface area contributed by atoms with E-state index in [4.69, 9.17) is 9.72 Å². The smallest absolute Gasteiger partial charge is 0.319 e. The summed E-state index contributed by atoms with van der Waals surface area (Å²) >= 11 is 0. The van der Waals surface area contributed by atoms with Crippen molar-refractivity contribution in [2.75, 3.05) is 31.1 Å². The number of phenols is 1. The molecule has 10 nitrogen and oxygen atoms in total. The number of aliphatic hydroxyl groups is 1. The first-order valence-electron chi connectivity index (χ1n) is 16.8. The van der Waals surface area contributed by atoms with Crippen LogP contribution in [0.4, 0.5) is 19.0 Å². The fraction of sp³-hybridized carbons (Fsp3) is 0.444. The maximum Gasteiger partial charge on any atom is 0.319 e. The Hall–Kier alpha value is -4.49. The number of aryl methyl sites for hydroxylation is 1. The number of benzene rings is 1. The van der Waals surface area contributed by atoms with Gasteiger partial charge in [-0.25, -0.2) is 13.2 Å². The van der Waals surface area contributed by atoms with E-state index in [0.29, 0.717) is 66.4 Å². The van der Waals surface area contributed by atoms with Crippen LogP contribution in [0.2, 0.25) is 0 Å². The van der Waals surface area contributed by atoms with Crippen molar-refractivity contribution in [3.63, 3.8) is 0 Å². The van der Waals surface area contributed by atoms with Crippen LogP contribution in [0.1, 0.15) is 57.3 Å². The van der Waals surface area contributed by atoms with E-state index in [-0.39, 0.29) is 53.7 Å². The van der Waals surface area contributed by atoms with E-state index in [1.807, 2.05) is 15.6 Å². The Labute approximate surface area is 281 Å². The Balaban J connectivity index is 1.40. The third-order valence-corrected chi connectivity index (χ3v) is 10.1. The monoisotopic (exact) mass is 675 g/mol. The van der Waals surface area contributed by atoms with Crippen molar-refractivity contribution in [3.05, 3.63) is 64.4 Å². The minimum absolute atomic E-state index is 0.0486. The van der Waals surface area contributed by atoms with Crippen LogP contribution in [0.5, 0.6) is 11.8 Å². The molecule has 2 saturated heterocycles. The number of ether oxygens (including phenoxy) is 1. The van der Waals surface area contributed by atoms with Crippen molar-refractivity contribution in [3.8, 4) is 23.0 Å². The first kappa shape index (κ1) is 33.0. The number of alkyl halides is 1. The first-order valence-corrected chi connectivity index (χ1v) is 16.8. The van der Waals surface area contributed by atoms with Crippen LogP contribution >= 0.6 is 0 Å². The molecule has 258 valence electrons. The summed E-state index contributed by atoms with van der Waals surface area (Å²) in [6, 6.07) is 4.65. The van der Waals surface area contributed by atoms with Gasteiger partial charge in [-0.15, -0.1) is 0 Å². The molecule has 0 aliphatic carbocycles. The number of hydrogen-bond donors (Lipinski definition) is 2. The number of nitrogens with zero attached hydrogens (tertiary/aromatic N) is 7. The average molecular weight is 676 g/mol. The lowest BCUT2D eigenvalue weighted by molar-refractivity contribution is 0.107. The molecule has 0 radical (unpaired) electrons. The molecule has 2 atom stereocenters. The number of anilines is 1. The fourth-order valence-electron chi connectivity index (χ4n) is 7.85. The van der Waals surface area contributed by atoms with Crippen LogP contribution in [0.25, 0.3) is 33.8 Å². The summed E-state index contributed by atoms with van der Waals surface area (Å²) in [5, 5.41) is 26.1. The van der Waals surface area contributed by atoms with Crippen LogP contribution in [-0.2, 0) is 19.7 Å². The highest BCUT2D eigenvalue weighted by Crippen LogP contribution is 2.41. The molecule has 0 bridgehead atoms. The third kappa shape index (κ3) is 5.92. The molecule has 1 aromatic carbocycles. The van der Waals surface area contributed by atoms with E-state index < -0.39 is 23.4 Å². The molecule has 2 fully saturated rings. The number of halogens is 3. The molecule has 13 heteroatoms. The van der Waals surface area contributed by atoms with Crippen LogP contribution < -0.4 is 20.1 Å². The molecule has 7 rings (SSSR count). The highest BCUT2D eigenvalue weighted by molar-refractivity contribution is 5.92. The molecular weight excluding hydrogens is 635 g/mol. The van der Waals surface area contributed by atoms with Gasteiger partial charge < -0.3 is 19.8 Å². The van der Waals surface area contributed by atoms with Crippen LogP contribution in [0.15, 0.2) is 36.8 Å². The number of fused-ring (bicyclic) bond motifs is 3. The summed E-state index contributed by atoms with van der Waals surface area (Å²) in [6.07, 6.45) is 5.32. The van der Waals surface area contributed by atoms with E-state index in [2.05, 4.69) is 26.5 Å². The second kappa shape index (κ2) is 13.1. The summed E-state index contributed by atoms with van der Waals surface area (Å²) in [7, 11) is 0. The number of aliphatic hydroxyl groups excluding tert-OH is 1. The quantitative estimate of drug-likeness (QED) is 0.280. The summed E-state index contributed by atoms with van der Waals surface area (Å²) in [6.45, 7) is 9.73. The number of allylic oxidation sites excluding steroid dienone is 1. The predicted molar refractivity (Wildman–Crippen MR) is 180 cm³/mol. The molecule has 3 aromatic heterocycles. The van der Waals surface area contributed by atoms with Crippen molar-refractivity contribution in [2.24, 2.45) is 0 Å². The van der Waals surface area contributed by atoms with Gasteiger partial charge in [0.2, 0.25) is 0 Å². The minimum atomic E-state index is -0.944. The van der Waals surface area contributed by atoms with Gasteiger partial charge in [-0.1, -0.05) is 19.6 Å². The second-order valence-corrected chi connectivity index (χ2v) is 13.1. The largest absolute Gasteiger partial charge is 0.508 e. The van der Waals surface area contributed by atoms with Gasteiger partial charge in [0.25, 0.3) is 0 Å². The van der Waals surface area contributed by atoms with E-state index in [9.17, 15) is 19.0 Å². The van der Waals surface area contributed by atoms with Gasteiger partial charge in [0.15, 0.2) is 5.82 Å². The van der Waals surface area contributed by atoms with Gasteiger partial charge in [0.05, 0.1) is 35.5 Å². The lowest BCUT2D eigenvalue weighted by Crippen LogP contribution is -2.43. The molecule has 49 heavy (non-hydrogen) atoms. The Morgan fingerprint density at radius 1 is 1.18 bits per heavy atom. The van der Waals surface area contributed by atoms with Crippen LogP contribution in [0.3, 0.4) is 0 Å². The summed E-state index contributed by atoms with van der Waals surface area (Å²) < 4.78 is 54.5. The van der Waals surface area contributed by atoms with Crippen LogP contribution in [-0.4, -0.2) is 77.8 Å². The van der Waals surface area contributed by atoms with E-state index >= 15 is 4.39 Å². The number of rotatable bonds is 8. The van der Waals surface area contributed by atoms with Gasteiger partial charge in [0, 0.05) is 37.8 Å².